The molecule has 0 aromatic carbocycles. The van der Waals surface area contributed by atoms with Crippen molar-refractivity contribution in [3.63, 3.8) is 0 Å². The van der Waals surface area contributed by atoms with E-state index in [0.29, 0.717) is 30.9 Å². The van der Waals surface area contributed by atoms with Crippen molar-refractivity contribution in [2.75, 3.05) is 32.5 Å². The van der Waals surface area contributed by atoms with Crippen molar-refractivity contribution in [2.24, 2.45) is 0 Å². The number of imidazole rings is 1. The zero-order valence-electron chi connectivity index (χ0n) is 15.7. The Morgan fingerprint density at radius 1 is 1.37 bits per heavy atom. The summed E-state index contributed by atoms with van der Waals surface area (Å²) in [6, 6.07) is -0.0987. The Morgan fingerprint density at radius 3 is 2.93 bits per heavy atom. The van der Waals surface area contributed by atoms with Crippen molar-refractivity contribution in [1.29, 1.82) is 0 Å². The molecule has 1 atom stereocenters. The SMILES string of the molecule is CCCCOc1nc(N)c2[nH]c(=O)n(CCN3CCCC3C(=O)OC)c2n1. The number of methoxy groups -OCH3 is 1. The molecule has 0 amide bonds. The number of fused-ring (bicyclic) bond motifs is 1. The molecule has 0 spiro atoms. The number of nitrogens with two attached hydrogens (primary N) is 1. The van der Waals surface area contributed by atoms with Crippen molar-refractivity contribution in [2.45, 2.75) is 45.2 Å². The molecule has 0 saturated carbocycles. The summed E-state index contributed by atoms with van der Waals surface area (Å²) in [5.41, 5.74) is 6.45. The van der Waals surface area contributed by atoms with E-state index in [9.17, 15) is 9.59 Å². The lowest BCUT2D eigenvalue weighted by Gasteiger charge is -2.22. The first kappa shape index (κ1) is 19.2. The van der Waals surface area contributed by atoms with Crippen LogP contribution in [0, 0.1) is 0 Å². The molecule has 2 aromatic rings. The Kier molecular flexibility index (Phi) is 5.94. The quantitative estimate of drug-likeness (QED) is 0.502. The van der Waals surface area contributed by atoms with Gasteiger partial charge in [0.2, 0.25) is 0 Å². The number of hydrogen-bond donors (Lipinski definition) is 2. The maximum absolute atomic E-state index is 12.4. The third-order valence-corrected chi connectivity index (χ3v) is 4.81. The van der Waals surface area contributed by atoms with Crippen molar-refractivity contribution in [1.82, 2.24) is 24.4 Å². The number of anilines is 1. The molecular formula is C17H26N6O4. The number of nitrogens with one attached hydrogen (secondary N) is 1. The van der Waals surface area contributed by atoms with E-state index in [1.165, 1.54) is 11.7 Å². The molecule has 3 rings (SSSR count). The van der Waals surface area contributed by atoms with Gasteiger partial charge in [-0.2, -0.15) is 9.97 Å². The van der Waals surface area contributed by atoms with Gasteiger partial charge < -0.3 is 20.2 Å². The molecule has 0 radical (unpaired) electrons. The minimum Gasteiger partial charge on any atom is -0.468 e. The molecule has 0 aliphatic carbocycles. The number of nitrogens with zero attached hydrogens (tertiary/aromatic N) is 4. The monoisotopic (exact) mass is 378 g/mol. The smallest absolute Gasteiger partial charge is 0.327 e. The van der Waals surface area contributed by atoms with Crippen LogP contribution in [0.2, 0.25) is 0 Å². The Labute approximate surface area is 156 Å². The van der Waals surface area contributed by atoms with Gasteiger partial charge in [-0.3, -0.25) is 14.3 Å². The molecule has 10 heteroatoms. The molecule has 1 unspecified atom stereocenters. The molecule has 148 valence electrons. The van der Waals surface area contributed by atoms with E-state index in [4.69, 9.17) is 15.2 Å². The van der Waals surface area contributed by atoms with E-state index in [0.717, 1.165) is 32.2 Å². The topological polar surface area (TPSA) is 128 Å². The number of unbranched alkanes of at least 4 members (excludes halogenated alkanes) is 1. The fourth-order valence-corrected chi connectivity index (χ4v) is 3.34. The molecule has 0 bridgehead atoms. The van der Waals surface area contributed by atoms with Gasteiger partial charge >= 0.3 is 17.7 Å². The number of H-pyrrole nitrogens is 1. The van der Waals surface area contributed by atoms with Gasteiger partial charge in [-0.05, 0) is 25.8 Å². The van der Waals surface area contributed by atoms with Gasteiger partial charge in [-0.25, -0.2) is 4.79 Å². The standard InChI is InChI=1S/C17H26N6O4/c1-3-4-10-27-16-20-13(18)12-14(21-16)23(17(25)19-12)9-8-22-7-5-6-11(22)15(24)26-2/h11H,3-10H2,1-2H3,(H,19,25)(H2,18,20,21). The van der Waals surface area contributed by atoms with Gasteiger partial charge in [0, 0.05) is 13.1 Å². The van der Waals surface area contributed by atoms with E-state index in [1.807, 2.05) is 4.90 Å². The summed E-state index contributed by atoms with van der Waals surface area (Å²) in [6.07, 6.45) is 3.56. The van der Waals surface area contributed by atoms with Gasteiger partial charge in [-0.1, -0.05) is 13.3 Å². The number of rotatable bonds is 8. The van der Waals surface area contributed by atoms with E-state index >= 15 is 0 Å². The van der Waals surface area contributed by atoms with Crippen LogP contribution in [0.25, 0.3) is 11.2 Å². The van der Waals surface area contributed by atoms with Gasteiger partial charge in [-0.15, -0.1) is 0 Å². The molecule has 1 saturated heterocycles. The molecule has 1 aliphatic rings. The summed E-state index contributed by atoms with van der Waals surface area (Å²) in [7, 11) is 1.39. The van der Waals surface area contributed by atoms with Crippen molar-refractivity contribution in [3.05, 3.63) is 10.5 Å². The average Bonchev–Trinajstić information content (AvgIpc) is 3.24. The number of aromatic nitrogens is 4. The predicted molar refractivity (Wildman–Crippen MR) is 99.6 cm³/mol. The predicted octanol–water partition coefficient (Wildman–Crippen LogP) is 0.518. The minimum absolute atomic E-state index is 0.162. The normalized spacial score (nSPS) is 17.5. The second-order valence-electron chi connectivity index (χ2n) is 6.59. The fourth-order valence-electron chi connectivity index (χ4n) is 3.34. The first-order valence-electron chi connectivity index (χ1n) is 9.25. The number of esters is 1. The van der Waals surface area contributed by atoms with Crippen molar-refractivity contribution < 1.29 is 14.3 Å². The van der Waals surface area contributed by atoms with Gasteiger partial charge in [0.15, 0.2) is 11.5 Å². The Hall–Kier alpha value is -2.62. The number of carbonyl (C=O) groups excluding carboxylic acids is 1. The lowest BCUT2D eigenvalue weighted by atomic mass is 10.2. The third kappa shape index (κ3) is 4.05. The van der Waals surface area contributed by atoms with Crippen molar-refractivity contribution >= 4 is 23.0 Å². The highest BCUT2D eigenvalue weighted by molar-refractivity contribution is 5.81. The number of hydrogen-bond acceptors (Lipinski definition) is 8. The second-order valence-corrected chi connectivity index (χ2v) is 6.59. The van der Waals surface area contributed by atoms with Crippen LogP contribution in [0.3, 0.4) is 0 Å². The molecular weight excluding hydrogens is 352 g/mol. The highest BCUT2D eigenvalue weighted by Gasteiger charge is 2.31. The highest BCUT2D eigenvalue weighted by Crippen LogP contribution is 2.20. The van der Waals surface area contributed by atoms with Crippen LogP contribution < -0.4 is 16.2 Å². The van der Waals surface area contributed by atoms with Crippen molar-refractivity contribution in [3.8, 4) is 6.01 Å². The third-order valence-electron chi connectivity index (χ3n) is 4.81. The molecule has 2 aromatic heterocycles. The van der Waals surface area contributed by atoms with Gasteiger partial charge in [0.25, 0.3) is 0 Å². The molecule has 3 N–H and O–H groups in total. The maximum atomic E-state index is 12.4. The zero-order chi connectivity index (χ0) is 19.4. The lowest BCUT2D eigenvalue weighted by molar-refractivity contribution is -0.145. The molecule has 3 heterocycles. The van der Waals surface area contributed by atoms with Crippen LogP contribution in [0.15, 0.2) is 4.79 Å². The largest absolute Gasteiger partial charge is 0.468 e. The minimum atomic E-state index is -0.314. The van der Waals surface area contributed by atoms with E-state index < -0.39 is 0 Å². The Bertz CT molecular complexity index is 861. The molecule has 1 fully saturated rings. The van der Waals surface area contributed by atoms with Crippen LogP contribution in [0.4, 0.5) is 5.82 Å². The Balaban J connectivity index is 1.80. The van der Waals surface area contributed by atoms with Gasteiger partial charge in [0.05, 0.1) is 13.7 Å². The second kappa shape index (κ2) is 8.38. The van der Waals surface area contributed by atoms with Crippen LogP contribution in [0.5, 0.6) is 6.01 Å². The number of aromatic amines is 1. The first-order chi connectivity index (χ1) is 13.0. The maximum Gasteiger partial charge on any atom is 0.327 e. The highest BCUT2D eigenvalue weighted by atomic mass is 16.5. The number of ether oxygens (including phenoxy) is 2. The first-order valence-corrected chi connectivity index (χ1v) is 9.25. The summed E-state index contributed by atoms with van der Waals surface area (Å²) in [5.74, 6) is -0.0621. The lowest BCUT2D eigenvalue weighted by Crippen LogP contribution is -2.39. The van der Waals surface area contributed by atoms with Crippen LogP contribution in [-0.4, -0.2) is 63.2 Å². The van der Waals surface area contributed by atoms with Crippen LogP contribution in [0.1, 0.15) is 32.6 Å². The number of carbonyl (C=O) groups is 1. The summed E-state index contributed by atoms with van der Waals surface area (Å²) in [5, 5.41) is 0. The fraction of sp³-hybridized carbons (Fsp3) is 0.647. The molecule has 27 heavy (non-hydrogen) atoms. The van der Waals surface area contributed by atoms with Gasteiger partial charge in [0.1, 0.15) is 11.6 Å². The van der Waals surface area contributed by atoms with E-state index in [1.54, 1.807) is 0 Å². The summed E-state index contributed by atoms with van der Waals surface area (Å²) >= 11 is 0. The van der Waals surface area contributed by atoms with E-state index in [2.05, 4.69) is 21.9 Å². The summed E-state index contributed by atoms with van der Waals surface area (Å²) < 4.78 is 11.9. The van der Waals surface area contributed by atoms with E-state index in [-0.39, 0.29) is 29.5 Å². The summed E-state index contributed by atoms with van der Waals surface area (Å²) in [6.45, 7) is 4.25. The number of likely N-dealkylation sites (tertiary alicyclic amines) is 1. The zero-order valence-corrected chi connectivity index (χ0v) is 15.7. The van der Waals surface area contributed by atoms with Crippen LogP contribution >= 0.6 is 0 Å². The number of nitrogen functional groups attached to an aromatic ring is 1. The summed E-state index contributed by atoms with van der Waals surface area (Å²) in [4.78, 5) is 37.4. The molecule has 1 aliphatic heterocycles. The Morgan fingerprint density at radius 2 is 2.19 bits per heavy atom. The average molecular weight is 378 g/mol. The van der Waals surface area contributed by atoms with Crippen LogP contribution in [-0.2, 0) is 16.1 Å². The molecule has 10 nitrogen and oxygen atoms in total.